The Bertz CT molecular complexity index is 563. The van der Waals surface area contributed by atoms with Gasteiger partial charge in [-0.1, -0.05) is 19.9 Å². The van der Waals surface area contributed by atoms with E-state index < -0.39 is 17.4 Å². The number of aromatic nitrogens is 1. The highest BCUT2D eigenvalue weighted by Crippen LogP contribution is 2.35. The van der Waals surface area contributed by atoms with Crippen molar-refractivity contribution >= 4 is 17.8 Å². The number of aliphatic carboxylic acids is 2. The van der Waals surface area contributed by atoms with Crippen LogP contribution in [0.4, 0.5) is 5.82 Å². The van der Waals surface area contributed by atoms with Crippen molar-refractivity contribution in [3.63, 3.8) is 0 Å². The summed E-state index contributed by atoms with van der Waals surface area (Å²) in [6.07, 6.45) is 1.62. The molecule has 0 aliphatic heterocycles. The third kappa shape index (κ3) is 3.59. The number of rotatable bonds is 7. The number of carbonyl (C=O) groups is 2. The minimum Gasteiger partial charge on any atom is -0.481 e. The lowest BCUT2D eigenvalue weighted by Gasteiger charge is -2.27. The van der Waals surface area contributed by atoms with E-state index in [1.807, 2.05) is 13.0 Å². The van der Waals surface area contributed by atoms with Crippen LogP contribution >= 0.6 is 0 Å². The monoisotopic (exact) mass is 292 g/mol. The largest absolute Gasteiger partial charge is 0.481 e. The number of carboxylic acid groups (broad SMARTS) is 2. The van der Waals surface area contributed by atoms with Crippen LogP contribution in [0.3, 0.4) is 0 Å². The molecular weight excluding hydrogens is 272 g/mol. The molecule has 3 N–H and O–H groups in total. The minimum atomic E-state index is -1.41. The highest BCUT2D eigenvalue weighted by Gasteiger charge is 2.42. The summed E-state index contributed by atoms with van der Waals surface area (Å²) in [5, 5.41) is 21.6. The zero-order valence-corrected chi connectivity index (χ0v) is 12.4. The van der Waals surface area contributed by atoms with Crippen LogP contribution in [0.2, 0.25) is 0 Å². The molecule has 0 atom stereocenters. The Hall–Kier alpha value is -2.37. The number of aryl methyl sites for hydroxylation is 1. The molecule has 0 unspecified atom stereocenters. The highest BCUT2D eigenvalue weighted by molar-refractivity contribution is 5.96. The summed E-state index contributed by atoms with van der Waals surface area (Å²) in [5.41, 5.74) is -0.813. The quantitative estimate of drug-likeness (QED) is 0.668. The Kier molecular flexibility index (Phi) is 5.46. The Morgan fingerprint density at radius 3 is 2.33 bits per heavy atom. The summed E-state index contributed by atoms with van der Waals surface area (Å²) in [7, 11) is 0. The fourth-order valence-corrected chi connectivity index (χ4v) is 2.22. The molecule has 6 nitrogen and oxygen atoms in total. The SMILES string of the molecule is CCC(CC)(C(=O)O)C(=CNc1cccc(C)n1)C(=O)O. The first kappa shape index (κ1) is 16.7. The lowest BCUT2D eigenvalue weighted by Crippen LogP contribution is -2.35. The van der Waals surface area contributed by atoms with Crippen LogP contribution in [-0.4, -0.2) is 27.1 Å². The van der Waals surface area contributed by atoms with Gasteiger partial charge in [-0.25, -0.2) is 9.78 Å². The molecule has 0 bridgehead atoms. The molecular formula is C15H20N2O4. The number of hydrogen-bond donors (Lipinski definition) is 3. The van der Waals surface area contributed by atoms with Crippen LogP contribution in [0.5, 0.6) is 0 Å². The molecule has 1 heterocycles. The number of carboxylic acids is 2. The van der Waals surface area contributed by atoms with E-state index in [1.165, 1.54) is 6.20 Å². The van der Waals surface area contributed by atoms with Gasteiger partial charge in [-0.2, -0.15) is 0 Å². The zero-order chi connectivity index (χ0) is 16.0. The van der Waals surface area contributed by atoms with Crippen LogP contribution in [0.25, 0.3) is 0 Å². The molecule has 0 aliphatic carbocycles. The topological polar surface area (TPSA) is 99.5 Å². The fourth-order valence-electron chi connectivity index (χ4n) is 2.22. The van der Waals surface area contributed by atoms with Gasteiger partial charge in [0.05, 0.1) is 5.57 Å². The number of nitrogens with zero attached hydrogens (tertiary/aromatic N) is 1. The Morgan fingerprint density at radius 1 is 1.29 bits per heavy atom. The van der Waals surface area contributed by atoms with E-state index >= 15 is 0 Å². The van der Waals surface area contributed by atoms with Crippen molar-refractivity contribution in [1.82, 2.24) is 4.98 Å². The second-order valence-electron chi connectivity index (χ2n) is 4.77. The summed E-state index contributed by atoms with van der Waals surface area (Å²) < 4.78 is 0. The second-order valence-corrected chi connectivity index (χ2v) is 4.77. The molecule has 0 radical (unpaired) electrons. The standard InChI is InChI=1S/C15H20N2O4/c1-4-15(5-2,14(20)21)11(13(18)19)9-16-12-8-6-7-10(3)17-12/h6-9H,4-5H2,1-3H3,(H,16,17)(H,18,19)(H,20,21). The van der Waals surface area contributed by atoms with Gasteiger partial charge in [0.25, 0.3) is 0 Å². The molecule has 0 amide bonds. The summed E-state index contributed by atoms with van der Waals surface area (Å²) >= 11 is 0. The molecule has 114 valence electrons. The number of nitrogens with one attached hydrogen (secondary N) is 1. The van der Waals surface area contributed by atoms with Crippen LogP contribution < -0.4 is 5.32 Å². The fraction of sp³-hybridized carbons (Fsp3) is 0.400. The third-order valence-electron chi connectivity index (χ3n) is 3.62. The molecule has 1 aromatic heterocycles. The summed E-state index contributed by atoms with van der Waals surface area (Å²) in [6.45, 7) is 5.14. The van der Waals surface area contributed by atoms with Gasteiger partial charge in [0.1, 0.15) is 11.2 Å². The van der Waals surface area contributed by atoms with E-state index in [1.54, 1.807) is 26.0 Å². The maximum absolute atomic E-state index is 11.5. The Morgan fingerprint density at radius 2 is 1.90 bits per heavy atom. The van der Waals surface area contributed by atoms with Crippen molar-refractivity contribution in [2.24, 2.45) is 5.41 Å². The predicted octanol–water partition coefficient (Wildman–Crippen LogP) is 2.66. The van der Waals surface area contributed by atoms with E-state index in [9.17, 15) is 19.8 Å². The Balaban J connectivity index is 3.19. The van der Waals surface area contributed by atoms with Crippen molar-refractivity contribution in [3.05, 3.63) is 35.7 Å². The van der Waals surface area contributed by atoms with Crippen LogP contribution in [0.1, 0.15) is 32.4 Å². The smallest absolute Gasteiger partial charge is 0.334 e. The molecule has 21 heavy (non-hydrogen) atoms. The van der Waals surface area contributed by atoms with Crippen molar-refractivity contribution in [2.75, 3.05) is 5.32 Å². The maximum atomic E-state index is 11.5. The first-order valence-corrected chi connectivity index (χ1v) is 6.75. The average Bonchev–Trinajstić information content (AvgIpc) is 2.43. The molecule has 0 aromatic carbocycles. The van der Waals surface area contributed by atoms with E-state index in [-0.39, 0.29) is 18.4 Å². The molecule has 0 fully saturated rings. The van der Waals surface area contributed by atoms with Crippen molar-refractivity contribution in [3.8, 4) is 0 Å². The normalized spacial score (nSPS) is 12.0. The summed E-state index contributed by atoms with van der Waals surface area (Å²) in [5.74, 6) is -1.92. The molecule has 1 rings (SSSR count). The lowest BCUT2D eigenvalue weighted by atomic mass is 9.75. The molecule has 0 spiro atoms. The van der Waals surface area contributed by atoms with Crippen molar-refractivity contribution in [1.29, 1.82) is 0 Å². The van der Waals surface area contributed by atoms with E-state index in [0.29, 0.717) is 5.82 Å². The van der Waals surface area contributed by atoms with Crippen molar-refractivity contribution in [2.45, 2.75) is 33.6 Å². The number of anilines is 1. The lowest BCUT2D eigenvalue weighted by molar-refractivity contribution is -0.150. The van der Waals surface area contributed by atoms with Crippen LogP contribution in [0.15, 0.2) is 30.0 Å². The molecule has 1 aromatic rings. The average molecular weight is 292 g/mol. The number of pyridine rings is 1. The van der Waals surface area contributed by atoms with E-state index in [4.69, 9.17) is 0 Å². The second kappa shape index (κ2) is 6.88. The third-order valence-corrected chi connectivity index (χ3v) is 3.62. The first-order chi connectivity index (χ1) is 9.87. The Labute approximate surface area is 123 Å². The van der Waals surface area contributed by atoms with Gasteiger partial charge in [0.15, 0.2) is 0 Å². The molecule has 0 saturated heterocycles. The van der Waals surface area contributed by atoms with Gasteiger partial charge in [-0.15, -0.1) is 0 Å². The summed E-state index contributed by atoms with van der Waals surface area (Å²) in [4.78, 5) is 27.2. The van der Waals surface area contributed by atoms with E-state index in [2.05, 4.69) is 10.3 Å². The van der Waals surface area contributed by atoms with Crippen LogP contribution in [0, 0.1) is 12.3 Å². The van der Waals surface area contributed by atoms with Gasteiger partial charge < -0.3 is 15.5 Å². The van der Waals surface area contributed by atoms with Gasteiger partial charge in [-0.05, 0) is 31.9 Å². The van der Waals surface area contributed by atoms with Gasteiger partial charge >= 0.3 is 11.9 Å². The van der Waals surface area contributed by atoms with Crippen LogP contribution in [-0.2, 0) is 9.59 Å². The molecule has 0 saturated carbocycles. The van der Waals surface area contributed by atoms with Gasteiger partial charge in [0, 0.05) is 11.9 Å². The predicted molar refractivity (Wildman–Crippen MR) is 79.0 cm³/mol. The van der Waals surface area contributed by atoms with E-state index in [0.717, 1.165) is 5.69 Å². The van der Waals surface area contributed by atoms with Gasteiger partial charge in [-0.3, -0.25) is 4.79 Å². The maximum Gasteiger partial charge on any atom is 0.334 e. The zero-order valence-electron chi connectivity index (χ0n) is 12.4. The highest BCUT2D eigenvalue weighted by atomic mass is 16.4. The molecule has 0 aliphatic rings. The van der Waals surface area contributed by atoms with Crippen molar-refractivity contribution < 1.29 is 19.8 Å². The van der Waals surface area contributed by atoms with Gasteiger partial charge in [0.2, 0.25) is 0 Å². The summed E-state index contributed by atoms with van der Waals surface area (Å²) in [6, 6.07) is 5.28. The number of hydrogen-bond acceptors (Lipinski definition) is 4. The molecule has 6 heteroatoms. The minimum absolute atomic E-state index is 0.177. The first-order valence-electron chi connectivity index (χ1n) is 6.75.